The third-order valence-electron chi connectivity index (χ3n) is 5.39. The number of hydrogen-bond donors (Lipinski definition) is 0. The SMILES string of the molecule is COC(=O)Cc1c(C)c2cc(Cl)c3c(c2oc1=O)CN(CC1CCCO1)CO3. The molecule has 150 valence electrons. The quantitative estimate of drug-likeness (QED) is 0.569. The normalized spacial score (nSPS) is 19.5. The predicted molar refractivity (Wildman–Crippen MR) is 103 cm³/mol. The van der Waals surface area contributed by atoms with Gasteiger partial charge in [0.25, 0.3) is 0 Å². The van der Waals surface area contributed by atoms with Gasteiger partial charge in [0.15, 0.2) is 0 Å². The Balaban J connectivity index is 1.75. The monoisotopic (exact) mass is 407 g/mol. The summed E-state index contributed by atoms with van der Waals surface area (Å²) in [5.41, 5.74) is 1.60. The van der Waals surface area contributed by atoms with E-state index in [-0.39, 0.29) is 18.1 Å². The zero-order valence-corrected chi connectivity index (χ0v) is 16.6. The van der Waals surface area contributed by atoms with Crippen molar-refractivity contribution in [1.82, 2.24) is 4.90 Å². The number of hydrogen-bond acceptors (Lipinski definition) is 7. The fourth-order valence-corrected chi connectivity index (χ4v) is 4.15. The van der Waals surface area contributed by atoms with Gasteiger partial charge in [0.05, 0.1) is 35.8 Å². The highest BCUT2D eigenvalue weighted by Gasteiger charge is 2.28. The van der Waals surface area contributed by atoms with Gasteiger partial charge in [-0.3, -0.25) is 9.69 Å². The Labute approximate surface area is 167 Å². The Bertz CT molecular complexity index is 979. The molecule has 0 bridgehead atoms. The molecule has 0 amide bonds. The van der Waals surface area contributed by atoms with Crippen molar-refractivity contribution < 1.29 is 23.4 Å². The zero-order valence-electron chi connectivity index (χ0n) is 15.9. The van der Waals surface area contributed by atoms with Gasteiger partial charge in [-0.25, -0.2) is 4.79 Å². The van der Waals surface area contributed by atoms with E-state index in [9.17, 15) is 9.59 Å². The summed E-state index contributed by atoms with van der Waals surface area (Å²) in [4.78, 5) is 26.3. The molecule has 8 heteroatoms. The first kappa shape index (κ1) is 19.2. The summed E-state index contributed by atoms with van der Waals surface area (Å²) in [5, 5.41) is 1.16. The van der Waals surface area contributed by atoms with Crippen molar-refractivity contribution in [1.29, 1.82) is 0 Å². The van der Waals surface area contributed by atoms with Crippen LogP contribution in [0.4, 0.5) is 0 Å². The summed E-state index contributed by atoms with van der Waals surface area (Å²) in [6.07, 6.45) is 2.15. The molecule has 0 spiro atoms. The first-order valence-electron chi connectivity index (χ1n) is 9.29. The number of fused-ring (bicyclic) bond motifs is 3. The minimum atomic E-state index is -0.545. The average molecular weight is 408 g/mol. The fraction of sp³-hybridized carbons (Fsp3) is 0.500. The summed E-state index contributed by atoms with van der Waals surface area (Å²) in [6.45, 7) is 4.28. The summed E-state index contributed by atoms with van der Waals surface area (Å²) in [7, 11) is 1.29. The van der Waals surface area contributed by atoms with Crippen LogP contribution in [0.2, 0.25) is 5.02 Å². The van der Waals surface area contributed by atoms with Gasteiger partial charge in [0, 0.05) is 25.1 Å². The fourth-order valence-electron chi connectivity index (χ4n) is 3.87. The predicted octanol–water partition coefficient (Wildman–Crippen LogP) is 2.80. The first-order valence-corrected chi connectivity index (χ1v) is 9.67. The topological polar surface area (TPSA) is 78.2 Å². The Morgan fingerprint density at radius 3 is 2.96 bits per heavy atom. The number of methoxy groups -OCH3 is 1. The number of benzene rings is 1. The second-order valence-electron chi connectivity index (χ2n) is 7.21. The van der Waals surface area contributed by atoms with Crippen LogP contribution in [0.3, 0.4) is 0 Å². The van der Waals surface area contributed by atoms with Gasteiger partial charge >= 0.3 is 11.6 Å². The van der Waals surface area contributed by atoms with E-state index in [4.69, 9.17) is 25.5 Å². The van der Waals surface area contributed by atoms with Gasteiger partial charge in [0.2, 0.25) is 0 Å². The van der Waals surface area contributed by atoms with E-state index in [1.54, 1.807) is 13.0 Å². The maximum absolute atomic E-state index is 12.6. The molecule has 1 unspecified atom stereocenters. The van der Waals surface area contributed by atoms with Crippen molar-refractivity contribution in [2.24, 2.45) is 0 Å². The Morgan fingerprint density at radius 2 is 2.25 bits per heavy atom. The Kier molecular flexibility index (Phi) is 5.31. The lowest BCUT2D eigenvalue weighted by molar-refractivity contribution is -0.139. The van der Waals surface area contributed by atoms with Crippen LogP contribution >= 0.6 is 11.6 Å². The third kappa shape index (κ3) is 3.50. The van der Waals surface area contributed by atoms with Crippen molar-refractivity contribution in [3.8, 4) is 5.75 Å². The molecule has 2 aromatic rings. The van der Waals surface area contributed by atoms with Gasteiger partial charge in [0.1, 0.15) is 18.1 Å². The molecule has 0 radical (unpaired) electrons. The number of nitrogens with zero attached hydrogens (tertiary/aromatic N) is 1. The highest BCUT2D eigenvalue weighted by molar-refractivity contribution is 6.33. The maximum atomic E-state index is 12.6. The number of rotatable bonds is 4. The van der Waals surface area contributed by atoms with Crippen LogP contribution in [0, 0.1) is 6.92 Å². The molecule has 28 heavy (non-hydrogen) atoms. The lowest BCUT2D eigenvalue weighted by Crippen LogP contribution is -2.37. The van der Waals surface area contributed by atoms with E-state index in [1.807, 2.05) is 0 Å². The largest absolute Gasteiger partial charge is 0.476 e. The molecule has 0 saturated carbocycles. The molecule has 0 N–H and O–H groups in total. The second-order valence-corrected chi connectivity index (χ2v) is 7.62. The van der Waals surface area contributed by atoms with E-state index in [0.717, 1.165) is 31.6 Å². The van der Waals surface area contributed by atoms with Crippen LogP contribution in [0.1, 0.15) is 29.5 Å². The molecule has 1 atom stereocenters. The Hall–Kier alpha value is -2.09. The number of ether oxygens (including phenoxy) is 3. The lowest BCUT2D eigenvalue weighted by atomic mass is 10.00. The van der Waals surface area contributed by atoms with Crippen LogP contribution in [0.15, 0.2) is 15.3 Å². The van der Waals surface area contributed by atoms with E-state index in [1.165, 1.54) is 7.11 Å². The van der Waals surface area contributed by atoms with Crippen LogP contribution in [-0.4, -0.2) is 44.0 Å². The molecule has 4 rings (SSSR count). The molecule has 2 aliphatic rings. The van der Waals surface area contributed by atoms with E-state index in [0.29, 0.717) is 40.6 Å². The molecular formula is C20H22ClNO6. The van der Waals surface area contributed by atoms with E-state index >= 15 is 0 Å². The van der Waals surface area contributed by atoms with Gasteiger partial charge in [-0.05, 0) is 31.4 Å². The summed E-state index contributed by atoms with van der Waals surface area (Å²) in [5.74, 6) is 0.0471. The lowest BCUT2D eigenvalue weighted by Gasteiger charge is -2.31. The zero-order chi connectivity index (χ0) is 19.8. The number of halogens is 1. The molecule has 1 aromatic carbocycles. The van der Waals surface area contributed by atoms with E-state index < -0.39 is 11.6 Å². The molecule has 1 saturated heterocycles. The van der Waals surface area contributed by atoms with Gasteiger partial charge in [-0.15, -0.1) is 0 Å². The van der Waals surface area contributed by atoms with Gasteiger partial charge in [-0.2, -0.15) is 0 Å². The van der Waals surface area contributed by atoms with Crippen molar-refractivity contribution in [3.05, 3.63) is 38.2 Å². The molecule has 2 aliphatic heterocycles. The van der Waals surface area contributed by atoms with Crippen molar-refractivity contribution in [2.45, 2.75) is 38.8 Å². The summed E-state index contributed by atoms with van der Waals surface area (Å²) < 4.78 is 21.9. The molecule has 1 aromatic heterocycles. The van der Waals surface area contributed by atoms with E-state index in [2.05, 4.69) is 9.64 Å². The van der Waals surface area contributed by atoms with Crippen molar-refractivity contribution in [3.63, 3.8) is 0 Å². The highest BCUT2D eigenvalue weighted by atomic mass is 35.5. The minimum absolute atomic E-state index is 0.142. The third-order valence-corrected chi connectivity index (χ3v) is 5.67. The summed E-state index contributed by atoms with van der Waals surface area (Å²) >= 11 is 6.46. The maximum Gasteiger partial charge on any atom is 0.340 e. The van der Waals surface area contributed by atoms with Gasteiger partial charge in [-0.1, -0.05) is 11.6 Å². The number of aryl methyl sites for hydroxylation is 1. The molecule has 0 aliphatic carbocycles. The standard InChI is InChI=1S/C20H22ClNO6/c1-11-13-6-16(21)19-15(9-22(10-27-19)8-12-4-3-5-26-12)18(13)28-20(24)14(11)7-17(23)25-2/h6,12H,3-5,7-10H2,1-2H3. The van der Waals surface area contributed by atoms with Crippen LogP contribution in [0.5, 0.6) is 5.75 Å². The van der Waals surface area contributed by atoms with Gasteiger partial charge < -0.3 is 18.6 Å². The average Bonchev–Trinajstić information content (AvgIpc) is 3.19. The second kappa shape index (κ2) is 7.73. The number of carbonyl (C=O) groups excluding carboxylic acids is 1. The smallest absolute Gasteiger partial charge is 0.340 e. The first-order chi connectivity index (χ1) is 13.5. The highest BCUT2D eigenvalue weighted by Crippen LogP contribution is 2.39. The van der Waals surface area contributed by atoms with Crippen LogP contribution < -0.4 is 10.4 Å². The van der Waals surface area contributed by atoms with Crippen molar-refractivity contribution in [2.75, 3.05) is 27.0 Å². The molecule has 7 nitrogen and oxygen atoms in total. The number of carbonyl (C=O) groups is 1. The Morgan fingerprint density at radius 1 is 1.43 bits per heavy atom. The van der Waals surface area contributed by atoms with Crippen LogP contribution in [0.25, 0.3) is 11.0 Å². The minimum Gasteiger partial charge on any atom is -0.476 e. The molecule has 1 fully saturated rings. The molecular weight excluding hydrogens is 386 g/mol. The molecule has 3 heterocycles. The number of esters is 1. The van der Waals surface area contributed by atoms with Crippen LogP contribution in [-0.2, 0) is 27.2 Å². The van der Waals surface area contributed by atoms with Crippen molar-refractivity contribution >= 4 is 28.5 Å². The summed E-state index contributed by atoms with van der Waals surface area (Å²) in [6, 6.07) is 1.73.